The van der Waals surface area contributed by atoms with Gasteiger partial charge in [-0.1, -0.05) is 11.6 Å². The van der Waals surface area contributed by atoms with E-state index in [0.717, 1.165) is 19.4 Å². The van der Waals surface area contributed by atoms with E-state index in [0.29, 0.717) is 23.4 Å². The molecular formula is C12H18ClN3O2. The van der Waals surface area contributed by atoms with Crippen LogP contribution in [0.3, 0.4) is 0 Å². The highest BCUT2D eigenvalue weighted by Gasteiger charge is 2.22. The molecule has 2 atom stereocenters. The average Bonchev–Trinajstić information content (AvgIpc) is 2.81. The van der Waals surface area contributed by atoms with Gasteiger partial charge in [0.1, 0.15) is 17.6 Å². The summed E-state index contributed by atoms with van der Waals surface area (Å²) in [5, 5.41) is 3.72. The summed E-state index contributed by atoms with van der Waals surface area (Å²) in [5.74, 6) is 1.29. The maximum absolute atomic E-state index is 5.95. The predicted octanol–water partition coefficient (Wildman–Crippen LogP) is 2.26. The predicted molar refractivity (Wildman–Crippen MR) is 69.8 cm³/mol. The van der Waals surface area contributed by atoms with Crippen LogP contribution in [0.15, 0.2) is 6.07 Å². The molecule has 5 nitrogen and oxygen atoms in total. The van der Waals surface area contributed by atoms with Crippen molar-refractivity contribution in [1.82, 2.24) is 9.97 Å². The third-order valence-corrected chi connectivity index (χ3v) is 3.11. The first-order valence-electron chi connectivity index (χ1n) is 6.09. The van der Waals surface area contributed by atoms with Gasteiger partial charge in [0.25, 0.3) is 0 Å². The van der Waals surface area contributed by atoms with E-state index in [1.807, 2.05) is 0 Å². The highest BCUT2D eigenvalue weighted by Crippen LogP contribution is 2.19. The fourth-order valence-corrected chi connectivity index (χ4v) is 2.26. The molecule has 2 unspecified atom stereocenters. The van der Waals surface area contributed by atoms with Crippen LogP contribution < -0.4 is 5.32 Å². The third-order valence-electron chi connectivity index (χ3n) is 2.91. The lowest BCUT2D eigenvalue weighted by molar-refractivity contribution is 0.0995. The quantitative estimate of drug-likeness (QED) is 0.833. The zero-order valence-corrected chi connectivity index (χ0v) is 11.4. The second-order valence-corrected chi connectivity index (χ2v) is 4.80. The highest BCUT2D eigenvalue weighted by molar-refractivity contribution is 6.29. The topological polar surface area (TPSA) is 56.3 Å². The number of anilines is 1. The van der Waals surface area contributed by atoms with Crippen LogP contribution in [0.4, 0.5) is 5.82 Å². The minimum atomic E-state index is 0.203. The Morgan fingerprint density at radius 2 is 2.44 bits per heavy atom. The van der Waals surface area contributed by atoms with Crippen LogP contribution in [0.5, 0.6) is 0 Å². The van der Waals surface area contributed by atoms with Crippen molar-refractivity contribution in [3.63, 3.8) is 0 Å². The minimum Gasteiger partial charge on any atom is -0.377 e. The normalized spacial score (nSPS) is 20.9. The van der Waals surface area contributed by atoms with E-state index in [9.17, 15) is 0 Å². The van der Waals surface area contributed by atoms with Crippen molar-refractivity contribution in [2.24, 2.45) is 0 Å². The molecule has 1 N–H and O–H groups in total. The summed E-state index contributed by atoms with van der Waals surface area (Å²) in [6.07, 6.45) is 2.44. The monoisotopic (exact) mass is 271 g/mol. The number of methoxy groups -OCH3 is 1. The first kappa shape index (κ1) is 13.5. The molecule has 0 bridgehead atoms. The van der Waals surface area contributed by atoms with Crippen LogP contribution in [0.1, 0.15) is 25.6 Å². The Bertz CT molecular complexity index is 397. The van der Waals surface area contributed by atoms with Gasteiger partial charge in [0.05, 0.1) is 12.1 Å². The molecule has 1 aromatic heterocycles. The molecule has 0 radical (unpaired) electrons. The second-order valence-electron chi connectivity index (χ2n) is 4.41. The van der Waals surface area contributed by atoms with Crippen molar-refractivity contribution < 1.29 is 9.47 Å². The van der Waals surface area contributed by atoms with E-state index >= 15 is 0 Å². The zero-order chi connectivity index (χ0) is 13.0. The van der Waals surface area contributed by atoms with Crippen LogP contribution in [0.25, 0.3) is 0 Å². The lowest BCUT2D eigenvalue weighted by atomic mass is 10.1. The minimum absolute atomic E-state index is 0.203. The van der Waals surface area contributed by atoms with Crippen LogP contribution in [0, 0.1) is 0 Å². The van der Waals surface area contributed by atoms with Crippen molar-refractivity contribution in [3.8, 4) is 0 Å². The van der Waals surface area contributed by atoms with Crippen molar-refractivity contribution in [2.45, 2.75) is 38.5 Å². The van der Waals surface area contributed by atoms with Crippen molar-refractivity contribution in [3.05, 3.63) is 17.0 Å². The number of hydrogen-bond acceptors (Lipinski definition) is 5. The molecular weight excluding hydrogens is 254 g/mol. The van der Waals surface area contributed by atoms with E-state index in [4.69, 9.17) is 21.1 Å². The SMILES string of the molecule is COCc1nc(Cl)cc(NC(C)C2CCCO2)n1. The Kier molecular flexibility index (Phi) is 4.74. The van der Waals surface area contributed by atoms with Gasteiger partial charge in [-0.25, -0.2) is 9.97 Å². The Morgan fingerprint density at radius 1 is 1.61 bits per heavy atom. The molecule has 2 heterocycles. The van der Waals surface area contributed by atoms with E-state index in [1.165, 1.54) is 0 Å². The number of hydrogen-bond donors (Lipinski definition) is 1. The molecule has 0 saturated carbocycles. The maximum atomic E-state index is 5.95. The smallest absolute Gasteiger partial charge is 0.158 e. The van der Waals surface area contributed by atoms with E-state index in [2.05, 4.69) is 22.2 Å². The van der Waals surface area contributed by atoms with Crippen molar-refractivity contribution in [2.75, 3.05) is 19.0 Å². The first-order chi connectivity index (χ1) is 8.69. The molecule has 2 rings (SSSR count). The van der Waals surface area contributed by atoms with Gasteiger partial charge < -0.3 is 14.8 Å². The van der Waals surface area contributed by atoms with Gasteiger partial charge in [0.15, 0.2) is 5.82 Å². The summed E-state index contributed by atoms with van der Waals surface area (Å²) in [4.78, 5) is 8.43. The fraction of sp³-hybridized carbons (Fsp3) is 0.667. The van der Waals surface area contributed by atoms with E-state index < -0.39 is 0 Å². The molecule has 1 saturated heterocycles. The average molecular weight is 272 g/mol. The number of nitrogens with one attached hydrogen (secondary N) is 1. The second kappa shape index (κ2) is 6.31. The lowest BCUT2D eigenvalue weighted by Crippen LogP contribution is -2.30. The Morgan fingerprint density at radius 3 is 3.11 bits per heavy atom. The number of halogens is 1. The third kappa shape index (κ3) is 3.54. The van der Waals surface area contributed by atoms with Gasteiger partial charge in [0.2, 0.25) is 0 Å². The first-order valence-corrected chi connectivity index (χ1v) is 6.47. The van der Waals surface area contributed by atoms with Crippen molar-refractivity contribution in [1.29, 1.82) is 0 Å². The van der Waals surface area contributed by atoms with Crippen LogP contribution in [0.2, 0.25) is 5.15 Å². The molecule has 1 aromatic rings. The molecule has 18 heavy (non-hydrogen) atoms. The molecule has 0 amide bonds. The molecule has 0 spiro atoms. The zero-order valence-electron chi connectivity index (χ0n) is 10.6. The van der Waals surface area contributed by atoms with Gasteiger partial charge in [-0.3, -0.25) is 0 Å². The van der Waals surface area contributed by atoms with Gasteiger partial charge in [-0.15, -0.1) is 0 Å². The summed E-state index contributed by atoms with van der Waals surface area (Å²) in [6, 6.07) is 1.92. The van der Waals surface area contributed by atoms with Crippen LogP contribution in [-0.4, -0.2) is 35.8 Å². The Hall–Kier alpha value is -0.910. The van der Waals surface area contributed by atoms with Gasteiger partial charge in [-0.2, -0.15) is 0 Å². The van der Waals surface area contributed by atoms with Crippen LogP contribution in [-0.2, 0) is 16.1 Å². The largest absolute Gasteiger partial charge is 0.377 e. The number of ether oxygens (including phenoxy) is 2. The fourth-order valence-electron chi connectivity index (χ4n) is 2.06. The maximum Gasteiger partial charge on any atom is 0.158 e. The van der Waals surface area contributed by atoms with Crippen molar-refractivity contribution >= 4 is 17.4 Å². The van der Waals surface area contributed by atoms with Crippen LogP contribution >= 0.6 is 11.6 Å². The highest BCUT2D eigenvalue weighted by atomic mass is 35.5. The number of aromatic nitrogens is 2. The molecule has 100 valence electrons. The Labute approximate surface area is 112 Å². The number of rotatable bonds is 5. The van der Waals surface area contributed by atoms with E-state index in [1.54, 1.807) is 13.2 Å². The van der Waals surface area contributed by atoms with Gasteiger partial charge >= 0.3 is 0 Å². The lowest BCUT2D eigenvalue weighted by Gasteiger charge is -2.20. The standard InChI is InChI=1S/C12H18ClN3O2/c1-8(9-4-3-5-18-9)14-11-6-10(13)15-12(16-11)7-17-2/h6,8-9H,3-5,7H2,1-2H3,(H,14,15,16). The van der Waals surface area contributed by atoms with Gasteiger partial charge in [0, 0.05) is 19.8 Å². The molecule has 0 aromatic carbocycles. The molecule has 6 heteroatoms. The van der Waals surface area contributed by atoms with E-state index in [-0.39, 0.29) is 12.1 Å². The summed E-state index contributed by atoms with van der Waals surface area (Å²) < 4.78 is 10.6. The molecule has 1 aliphatic heterocycles. The summed E-state index contributed by atoms with van der Waals surface area (Å²) >= 11 is 5.95. The summed E-state index contributed by atoms with van der Waals surface area (Å²) in [7, 11) is 1.60. The number of nitrogens with zero attached hydrogens (tertiary/aromatic N) is 2. The Balaban J connectivity index is 2.03. The van der Waals surface area contributed by atoms with Gasteiger partial charge in [-0.05, 0) is 19.8 Å². The summed E-state index contributed by atoms with van der Waals surface area (Å²) in [5.41, 5.74) is 0. The molecule has 1 aliphatic rings. The molecule has 1 fully saturated rings. The molecule has 0 aliphatic carbocycles. The summed E-state index contributed by atoms with van der Waals surface area (Å²) in [6.45, 7) is 3.28.